The number of sulfonamides is 1. The molecule has 2 aromatic rings. The Balaban J connectivity index is 2.44. The highest BCUT2D eigenvalue weighted by molar-refractivity contribution is 7.92. The quantitative estimate of drug-likeness (QED) is 0.844. The molecular formula is C13H12ClFN2O3S. The van der Waals surface area contributed by atoms with E-state index in [9.17, 15) is 12.8 Å². The summed E-state index contributed by atoms with van der Waals surface area (Å²) in [6.45, 7) is 1.12. The van der Waals surface area contributed by atoms with E-state index in [1.165, 1.54) is 18.2 Å². The van der Waals surface area contributed by atoms with Gasteiger partial charge in [-0.05, 0) is 24.6 Å². The number of halogens is 2. The first-order chi connectivity index (χ1) is 9.85. The second kappa shape index (κ2) is 5.97. The number of aryl methyl sites for hydroxylation is 1. The lowest BCUT2D eigenvalue weighted by atomic mass is 10.2. The van der Waals surface area contributed by atoms with E-state index in [2.05, 4.69) is 9.71 Å². The van der Waals surface area contributed by atoms with Crippen molar-refractivity contribution in [2.24, 2.45) is 0 Å². The van der Waals surface area contributed by atoms with Crippen molar-refractivity contribution in [2.45, 2.75) is 18.4 Å². The van der Waals surface area contributed by atoms with Crippen LogP contribution in [0.3, 0.4) is 0 Å². The number of anilines is 1. The molecule has 112 valence electrons. The fourth-order valence-electron chi connectivity index (χ4n) is 1.69. The van der Waals surface area contributed by atoms with Crippen LogP contribution in [0.1, 0.15) is 11.1 Å². The maximum absolute atomic E-state index is 13.8. The van der Waals surface area contributed by atoms with Crippen LogP contribution in [0.2, 0.25) is 5.15 Å². The Bertz CT molecular complexity index is 781. The fourth-order valence-corrected chi connectivity index (χ4v) is 2.93. The number of aliphatic hydroxyl groups is 1. The Morgan fingerprint density at radius 1 is 1.43 bits per heavy atom. The van der Waals surface area contributed by atoms with Crippen molar-refractivity contribution in [1.82, 2.24) is 4.98 Å². The van der Waals surface area contributed by atoms with Crippen molar-refractivity contribution < 1.29 is 17.9 Å². The van der Waals surface area contributed by atoms with E-state index in [1.807, 2.05) is 0 Å². The fraction of sp³-hybridized carbons (Fsp3) is 0.154. The highest BCUT2D eigenvalue weighted by atomic mass is 35.5. The summed E-state index contributed by atoms with van der Waals surface area (Å²) in [5.41, 5.74) is 0.334. The molecule has 0 amide bonds. The van der Waals surface area contributed by atoms with Gasteiger partial charge in [0, 0.05) is 11.8 Å². The Morgan fingerprint density at radius 3 is 2.76 bits per heavy atom. The van der Waals surface area contributed by atoms with Crippen LogP contribution in [0.4, 0.5) is 10.1 Å². The Morgan fingerprint density at radius 2 is 2.14 bits per heavy atom. The highest BCUT2D eigenvalue weighted by Crippen LogP contribution is 2.24. The van der Waals surface area contributed by atoms with Crippen LogP contribution in [-0.2, 0) is 16.6 Å². The lowest BCUT2D eigenvalue weighted by Crippen LogP contribution is -2.16. The molecule has 0 spiro atoms. The van der Waals surface area contributed by atoms with Gasteiger partial charge in [0.25, 0.3) is 10.0 Å². The highest BCUT2D eigenvalue weighted by Gasteiger charge is 2.19. The average Bonchev–Trinajstić information content (AvgIpc) is 2.43. The van der Waals surface area contributed by atoms with E-state index in [-0.39, 0.29) is 21.3 Å². The predicted octanol–water partition coefficient (Wildman–Crippen LogP) is 2.48. The summed E-state index contributed by atoms with van der Waals surface area (Å²) in [5, 5.41) is 9.35. The molecule has 0 fully saturated rings. The lowest BCUT2D eigenvalue weighted by Gasteiger charge is -2.12. The van der Waals surface area contributed by atoms with Crippen LogP contribution in [0, 0.1) is 12.7 Å². The normalized spacial score (nSPS) is 11.4. The van der Waals surface area contributed by atoms with Crippen molar-refractivity contribution in [1.29, 1.82) is 0 Å². The van der Waals surface area contributed by atoms with Gasteiger partial charge in [-0.25, -0.2) is 17.8 Å². The Hall–Kier alpha value is -1.70. The van der Waals surface area contributed by atoms with Crippen molar-refractivity contribution in [2.75, 3.05) is 4.72 Å². The lowest BCUT2D eigenvalue weighted by molar-refractivity contribution is 0.282. The first-order valence-electron chi connectivity index (χ1n) is 5.88. The molecular weight excluding hydrogens is 319 g/mol. The first-order valence-corrected chi connectivity index (χ1v) is 7.74. The molecule has 1 aromatic carbocycles. The van der Waals surface area contributed by atoms with Gasteiger partial charge in [0.2, 0.25) is 0 Å². The second-order valence-electron chi connectivity index (χ2n) is 4.32. The summed E-state index contributed by atoms with van der Waals surface area (Å²) in [4.78, 5) is 3.61. The topological polar surface area (TPSA) is 79.3 Å². The van der Waals surface area contributed by atoms with Crippen LogP contribution < -0.4 is 4.72 Å². The van der Waals surface area contributed by atoms with E-state index in [0.29, 0.717) is 5.56 Å². The van der Waals surface area contributed by atoms with Gasteiger partial charge in [-0.1, -0.05) is 23.7 Å². The van der Waals surface area contributed by atoms with E-state index < -0.39 is 22.4 Å². The number of para-hydroxylation sites is 1. The summed E-state index contributed by atoms with van der Waals surface area (Å²) in [6, 6.07) is 5.23. The Kier molecular flexibility index (Phi) is 4.46. The molecule has 0 unspecified atom stereocenters. The molecule has 21 heavy (non-hydrogen) atoms. The molecule has 8 heteroatoms. The first kappa shape index (κ1) is 15.7. The predicted molar refractivity (Wildman–Crippen MR) is 77.1 cm³/mol. The SMILES string of the molecule is Cc1cc(S(=O)(=O)Nc2c(F)cccc2CO)cnc1Cl. The molecule has 0 bridgehead atoms. The van der Waals surface area contributed by atoms with E-state index in [0.717, 1.165) is 12.3 Å². The van der Waals surface area contributed by atoms with Crippen molar-refractivity contribution in [3.05, 3.63) is 52.6 Å². The van der Waals surface area contributed by atoms with E-state index in [4.69, 9.17) is 16.7 Å². The minimum Gasteiger partial charge on any atom is -0.392 e. The van der Waals surface area contributed by atoms with E-state index in [1.54, 1.807) is 6.92 Å². The summed E-state index contributed by atoms with van der Waals surface area (Å²) in [6.07, 6.45) is 1.08. The van der Waals surface area contributed by atoms with Crippen molar-refractivity contribution in [3.63, 3.8) is 0 Å². The van der Waals surface area contributed by atoms with Crippen LogP contribution in [0.25, 0.3) is 0 Å². The number of rotatable bonds is 4. The van der Waals surface area contributed by atoms with Gasteiger partial charge in [0.05, 0.1) is 12.3 Å². The summed E-state index contributed by atoms with van der Waals surface area (Å²) < 4.78 is 40.4. The zero-order chi connectivity index (χ0) is 15.6. The number of hydrogen-bond acceptors (Lipinski definition) is 4. The number of aromatic nitrogens is 1. The maximum atomic E-state index is 13.8. The molecule has 0 atom stereocenters. The third kappa shape index (κ3) is 3.31. The van der Waals surface area contributed by atoms with Crippen molar-refractivity contribution in [3.8, 4) is 0 Å². The molecule has 0 aliphatic heterocycles. The van der Waals surface area contributed by atoms with Gasteiger partial charge in [-0.15, -0.1) is 0 Å². The molecule has 0 saturated heterocycles. The molecule has 2 rings (SSSR count). The van der Waals surface area contributed by atoms with E-state index >= 15 is 0 Å². The summed E-state index contributed by atoms with van der Waals surface area (Å²) in [5.74, 6) is -0.774. The third-order valence-electron chi connectivity index (χ3n) is 2.81. The molecule has 0 radical (unpaired) electrons. The number of nitrogens with zero attached hydrogens (tertiary/aromatic N) is 1. The molecule has 0 aliphatic rings. The van der Waals surface area contributed by atoms with Gasteiger partial charge in [-0.3, -0.25) is 4.72 Å². The molecule has 1 aromatic heterocycles. The van der Waals surface area contributed by atoms with Gasteiger partial charge < -0.3 is 5.11 Å². The van der Waals surface area contributed by atoms with Crippen LogP contribution in [-0.4, -0.2) is 18.5 Å². The van der Waals surface area contributed by atoms with Crippen LogP contribution in [0.15, 0.2) is 35.4 Å². The molecule has 2 N–H and O–H groups in total. The molecule has 0 aliphatic carbocycles. The van der Waals surface area contributed by atoms with Gasteiger partial charge in [0.1, 0.15) is 15.9 Å². The third-order valence-corrected chi connectivity index (χ3v) is 4.52. The zero-order valence-corrected chi connectivity index (χ0v) is 12.5. The summed E-state index contributed by atoms with van der Waals surface area (Å²) >= 11 is 5.74. The monoisotopic (exact) mass is 330 g/mol. The van der Waals surface area contributed by atoms with Gasteiger partial charge in [-0.2, -0.15) is 0 Å². The molecule has 1 heterocycles. The number of nitrogens with one attached hydrogen (secondary N) is 1. The minimum absolute atomic E-state index is 0.136. The number of aliphatic hydroxyl groups excluding tert-OH is 1. The summed E-state index contributed by atoms with van der Waals surface area (Å²) in [7, 11) is -4.03. The minimum atomic E-state index is -4.03. The average molecular weight is 331 g/mol. The van der Waals surface area contributed by atoms with Crippen molar-refractivity contribution >= 4 is 27.3 Å². The largest absolute Gasteiger partial charge is 0.392 e. The molecule has 0 saturated carbocycles. The van der Waals surface area contributed by atoms with Crippen LogP contribution in [0.5, 0.6) is 0 Å². The maximum Gasteiger partial charge on any atom is 0.263 e. The molecule has 5 nitrogen and oxygen atoms in total. The van der Waals surface area contributed by atoms with Gasteiger partial charge in [0.15, 0.2) is 0 Å². The smallest absolute Gasteiger partial charge is 0.263 e. The van der Waals surface area contributed by atoms with Crippen LogP contribution >= 0.6 is 11.6 Å². The number of benzene rings is 1. The Labute approximate surface area is 126 Å². The zero-order valence-electron chi connectivity index (χ0n) is 11.0. The van der Waals surface area contributed by atoms with Gasteiger partial charge >= 0.3 is 0 Å². The second-order valence-corrected chi connectivity index (χ2v) is 6.36. The standard InChI is InChI=1S/C13H12ClFN2O3S/c1-8-5-10(6-16-13(8)14)21(19,20)17-12-9(7-18)3-2-4-11(12)15/h2-6,17-18H,7H2,1H3. The number of pyridine rings is 1. The number of hydrogen-bond donors (Lipinski definition) is 2.